The summed E-state index contributed by atoms with van der Waals surface area (Å²) >= 11 is 0. The monoisotopic (exact) mass is 364 g/mol. The molecule has 9 heteroatoms. The van der Waals surface area contributed by atoms with Crippen molar-refractivity contribution in [2.75, 3.05) is 13.1 Å². The van der Waals surface area contributed by atoms with E-state index in [0.717, 1.165) is 0 Å². The summed E-state index contributed by atoms with van der Waals surface area (Å²) in [6.07, 6.45) is -0.214. The number of likely N-dealkylation sites (tertiary alicyclic amines) is 1. The highest BCUT2D eigenvalue weighted by Gasteiger charge is 2.33. The van der Waals surface area contributed by atoms with Gasteiger partial charge >= 0.3 is 5.63 Å². The Morgan fingerprint density at radius 3 is 2.44 bits per heavy atom. The van der Waals surface area contributed by atoms with Crippen LogP contribution in [0.25, 0.3) is 0 Å². The second kappa shape index (κ2) is 6.34. The standard InChI is InChI=1S/C16H16N2O6S/c1-10-6-12(7-15(19)23-10)24-13-8-18(9-13)16(20)11-2-4-14(5-3-11)25(17,21)22/h2-7,13H,8-9H2,1H3,(H2,17,21,22). The summed E-state index contributed by atoms with van der Waals surface area (Å²) in [6, 6.07) is 8.29. The zero-order valence-electron chi connectivity index (χ0n) is 13.3. The van der Waals surface area contributed by atoms with Crippen LogP contribution in [-0.2, 0) is 10.0 Å². The van der Waals surface area contributed by atoms with Gasteiger partial charge in [-0.05, 0) is 31.2 Å². The Morgan fingerprint density at radius 2 is 1.88 bits per heavy atom. The number of benzene rings is 1. The van der Waals surface area contributed by atoms with Crippen molar-refractivity contribution >= 4 is 15.9 Å². The molecule has 25 heavy (non-hydrogen) atoms. The third kappa shape index (κ3) is 3.89. The highest BCUT2D eigenvalue weighted by Crippen LogP contribution is 2.20. The largest absolute Gasteiger partial charge is 0.486 e. The molecule has 1 aromatic heterocycles. The van der Waals surface area contributed by atoms with Crippen LogP contribution in [0.5, 0.6) is 5.75 Å². The van der Waals surface area contributed by atoms with Crippen molar-refractivity contribution in [1.82, 2.24) is 4.90 Å². The minimum atomic E-state index is -3.79. The van der Waals surface area contributed by atoms with E-state index in [4.69, 9.17) is 14.3 Å². The third-order valence-electron chi connectivity index (χ3n) is 3.74. The number of nitrogens with zero attached hydrogens (tertiary/aromatic N) is 1. The Balaban J connectivity index is 1.60. The lowest BCUT2D eigenvalue weighted by Crippen LogP contribution is -2.56. The normalized spacial score (nSPS) is 14.9. The molecule has 132 valence electrons. The molecule has 0 aliphatic carbocycles. The molecule has 0 spiro atoms. The molecule has 0 saturated carbocycles. The van der Waals surface area contributed by atoms with Gasteiger partial charge in [0.1, 0.15) is 17.6 Å². The number of hydrogen-bond acceptors (Lipinski definition) is 6. The molecule has 1 aliphatic rings. The van der Waals surface area contributed by atoms with Crippen LogP contribution in [0, 0.1) is 6.92 Å². The Labute approximate surface area is 143 Å². The minimum absolute atomic E-state index is 0.0489. The zero-order chi connectivity index (χ0) is 18.2. The molecule has 2 N–H and O–H groups in total. The summed E-state index contributed by atoms with van der Waals surface area (Å²) in [5, 5.41) is 5.02. The van der Waals surface area contributed by atoms with Gasteiger partial charge in [-0.15, -0.1) is 0 Å². The van der Waals surface area contributed by atoms with E-state index in [2.05, 4.69) is 0 Å². The van der Waals surface area contributed by atoms with Crippen LogP contribution in [0.3, 0.4) is 0 Å². The van der Waals surface area contributed by atoms with Gasteiger partial charge in [0.15, 0.2) is 0 Å². The van der Waals surface area contributed by atoms with Crippen molar-refractivity contribution in [3.63, 3.8) is 0 Å². The third-order valence-corrected chi connectivity index (χ3v) is 4.66. The van der Waals surface area contributed by atoms with E-state index >= 15 is 0 Å². The number of carbonyl (C=O) groups is 1. The van der Waals surface area contributed by atoms with Crippen LogP contribution in [-0.4, -0.2) is 38.4 Å². The SMILES string of the molecule is Cc1cc(OC2CN(C(=O)c3ccc(S(N)(=O)=O)cc3)C2)cc(=O)o1. The molecular weight excluding hydrogens is 348 g/mol. The van der Waals surface area contributed by atoms with Crippen molar-refractivity contribution in [2.45, 2.75) is 17.9 Å². The van der Waals surface area contributed by atoms with E-state index in [1.54, 1.807) is 17.9 Å². The van der Waals surface area contributed by atoms with Gasteiger partial charge in [0.05, 0.1) is 24.1 Å². The van der Waals surface area contributed by atoms with E-state index in [1.807, 2.05) is 0 Å². The summed E-state index contributed by atoms with van der Waals surface area (Å²) in [4.78, 5) is 25.1. The van der Waals surface area contributed by atoms with Crippen molar-refractivity contribution in [2.24, 2.45) is 5.14 Å². The first-order chi connectivity index (χ1) is 11.7. The number of rotatable bonds is 4. The predicted octanol–water partition coefficient (Wildman–Crippen LogP) is 0.499. The van der Waals surface area contributed by atoms with Gasteiger partial charge in [-0.2, -0.15) is 0 Å². The smallest absolute Gasteiger partial charge is 0.339 e. The van der Waals surface area contributed by atoms with Crippen LogP contribution in [0.15, 0.2) is 50.5 Å². The number of aryl methyl sites for hydroxylation is 1. The molecule has 1 aliphatic heterocycles. The molecule has 0 radical (unpaired) electrons. The maximum atomic E-state index is 12.3. The van der Waals surface area contributed by atoms with Crippen molar-refractivity contribution in [3.8, 4) is 5.75 Å². The Morgan fingerprint density at radius 1 is 1.24 bits per heavy atom. The first kappa shape index (κ1) is 17.2. The topological polar surface area (TPSA) is 120 Å². The molecule has 2 aromatic rings. The molecule has 0 atom stereocenters. The van der Waals surface area contributed by atoms with Gasteiger partial charge in [-0.3, -0.25) is 4.79 Å². The van der Waals surface area contributed by atoms with Gasteiger partial charge in [-0.1, -0.05) is 0 Å². The van der Waals surface area contributed by atoms with Gasteiger partial charge < -0.3 is 14.1 Å². The Kier molecular flexibility index (Phi) is 4.36. The zero-order valence-corrected chi connectivity index (χ0v) is 14.2. The van der Waals surface area contributed by atoms with E-state index in [9.17, 15) is 18.0 Å². The number of carbonyl (C=O) groups excluding carboxylic acids is 1. The number of nitrogens with two attached hydrogens (primary N) is 1. The average Bonchev–Trinajstić information content (AvgIpc) is 2.48. The van der Waals surface area contributed by atoms with Crippen LogP contribution >= 0.6 is 0 Å². The van der Waals surface area contributed by atoms with Gasteiger partial charge in [-0.25, -0.2) is 18.4 Å². The van der Waals surface area contributed by atoms with Gasteiger partial charge in [0, 0.05) is 11.6 Å². The minimum Gasteiger partial charge on any atom is -0.486 e. The molecule has 0 bridgehead atoms. The lowest BCUT2D eigenvalue weighted by Gasteiger charge is -2.39. The van der Waals surface area contributed by atoms with Gasteiger partial charge in [0.2, 0.25) is 10.0 Å². The van der Waals surface area contributed by atoms with Crippen molar-refractivity contribution in [1.29, 1.82) is 0 Å². The summed E-state index contributed by atoms with van der Waals surface area (Å²) in [5.41, 5.74) is -0.126. The van der Waals surface area contributed by atoms with Crippen molar-refractivity contribution in [3.05, 3.63) is 58.1 Å². The summed E-state index contributed by atoms with van der Waals surface area (Å²) in [7, 11) is -3.79. The Bertz CT molecular complexity index is 959. The molecular formula is C16H16N2O6S. The van der Waals surface area contributed by atoms with Crippen LogP contribution < -0.4 is 15.5 Å². The molecule has 1 fully saturated rings. The fourth-order valence-corrected chi connectivity index (χ4v) is 3.00. The fourth-order valence-electron chi connectivity index (χ4n) is 2.48. The molecule has 3 rings (SSSR count). The second-order valence-electron chi connectivity index (χ2n) is 5.74. The molecule has 0 unspecified atom stereocenters. The number of hydrogen-bond donors (Lipinski definition) is 1. The summed E-state index contributed by atoms with van der Waals surface area (Å²) in [6.45, 7) is 2.39. The Hall–Kier alpha value is -2.65. The lowest BCUT2D eigenvalue weighted by molar-refractivity contribution is 0.0175. The van der Waals surface area contributed by atoms with E-state index in [1.165, 1.54) is 30.3 Å². The van der Waals surface area contributed by atoms with E-state index in [0.29, 0.717) is 30.2 Å². The quantitative estimate of drug-likeness (QED) is 0.843. The van der Waals surface area contributed by atoms with Crippen LogP contribution in [0.1, 0.15) is 16.1 Å². The van der Waals surface area contributed by atoms with Crippen LogP contribution in [0.2, 0.25) is 0 Å². The average molecular weight is 364 g/mol. The summed E-state index contributed by atoms with van der Waals surface area (Å²) in [5.74, 6) is 0.623. The molecule has 1 saturated heterocycles. The fraction of sp³-hybridized carbons (Fsp3) is 0.250. The maximum Gasteiger partial charge on any atom is 0.339 e. The number of primary sulfonamides is 1. The summed E-state index contributed by atoms with van der Waals surface area (Å²) < 4.78 is 32.9. The number of amides is 1. The van der Waals surface area contributed by atoms with Crippen molar-refractivity contribution < 1.29 is 22.4 Å². The van der Waals surface area contributed by atoms with Gasteiger partial charge in [0.25, 0.3) is 5.91 Å². The second-order valence-corrected chi connectivity index (χ2v) is 7.30. The number of ether oxygens (including phenoxy) is 1. The molecule has 1 amide bonds. The predicted molar refractivity (Wildman–Crippen MR) is 87.8 cm³/mol. The first-order valence-electron chi connectivity index (χ1n) is 7.43. The van der Waals surface area contributed by atoms with Crippen LogP contribution in [0.4, 0.5) is 0 Å². The highest BCUT2D eigenvalue weighted by atomic mass is 32.2. The van der Waals surface area contributed by atoms with E-state index in [-0.39, 0.29) is 16.9 Å². The highest BCUT2D eigenvalue weighted by molar-refractivity contribution is 7.89. The molecule has 2 heterocycles. The number of sulfonamides is 1. The first-order valence-corrected chi connectivity index (χ1v) is 8.97. The molecule has 1 aromatic carbocycles. The van der Waals surface area contributed by atoms with E-state index < -0.39 is 15.6 Å². The lowest BCUT2D eigenvalue weighted by atomic mass is 10.1. The maximum absolute atomic E-state index is 12.3. The molecule has 8 nitrogen and oxygen atoms in total.